The monoisotopic (exact) mass is 410 g/mol. The number of likely N-dealkylation sites (N-methyl/N-ethyl adjacent to an activating group) is 1. The molecule has 1 saturated heterocycles. The molecule has 128 valence electrons. The molecule has 8 heteroatoms. The van der Waals surface area contributed by atoms with Crippen LogP contribution >= 0.6 is 46.8 Å². The van der Waals surface area contributed by atoms with Gasteiger partial charge in [0.15, 0.2) is 5.11 Å². The van der Waals surface area contributed by atoms with Gasteiger partial charge in [-0.3, -0.25) is 19.4 Å². The molecule has 1 fully saturated rings. The minimum absolute atomic E-state index is 0.0453. The Balaban J connectivity index is 2.08. The minimum Gasteiger partial charge on any atom is -0.285 e. The van der Waals surface area contributed by atoms with E-state index in [0.717, 1.165) is 4.88 Å². The van der Waals surface area contributed by atoms with E-state index >= 15 is 0 Å². The zero-order valence-corrected chi connectivity index (χ0v) is 16.2. The highest BCUT2D eigenvalue weighted by Gasteiger charge is 2.39. The first kappa shape index (κ1) is 18.1. The molecular formula is C17H12Cl2N2O2S2. The van der Waals surface area contributed by atoms with Crippen molar-refractivity contribution in [2.75, 3.05) is 11.4 Å². The van der Waals surface area contributed by atoms with E-state index in [9.17, 15) is 9.59 Å². The molecular weight excluding hydrogens is 399 g/mol. The SMILES string of the molecule is CCN1C(=O)/C(=C\c2ccc(Cl)s2)C(=O)N(c2ccc(Cl)cc2)C1=S. The average molecular weight is 411 g/mol. The van der Waals surface area contributed by atoms with Crippen LogP contribution in [0.2, 0.25) is 9.36 Å². The fourth-order valence-electron chi connectivity index (χ4n) is 2.42. The van der Waals surface area contributed by atoms with Crippen molar-refractivity contribution in [2.45, 2.75) is 6.92 Å². The van der Waals surface area contributed by atoms with Crippen molar-refractivity contribution in [2.24, 2.45) is 0 Å². The van der Waals surface area contributed by atoms with Gasteiger partial charge in [-0.15, -0.1) is 11.3 Å². The molecule has 2 amide bonds. The predicted octanol–water partition coefficient (Wildman–Crippen LogP) is 4.62. The summed E-state index contributed by atoms with van der Waals surface area (Å²) >= 11 is 18.5. The second kappa shape index (κ2) is 7.25. The lowest BCUT2D eigenvalue weighted by Crippen LogP contribution is -2.56. The maximum atomic E-state index is 13.0. The zero-order valence-electron chi connectivity index (χ0n) is 13.0. The van der Waals surface area contributed by atoms with Crippen molar-refractivity contribution in [3.63, 3.8) is 0 Å². The van der Waals surface area contributed by atoms with E-state index in [2.05, 4.69) is 0 Å². The second-order valence-electron chi connectivity index (χ2n) is 5.15. The van der Waals surface area contributed by atoms with E-state index in [-0.39, 0.29) is 10.7 Å². The summed E-state index contributed by atoms with van der Waals surface area (Å²) in [6.45, 7) is 2.16. The van der Waals surface area contributed by atoms with Gasteiger partial charge in [0.2, 0.25) is 0 Å². The maximum Gasteiger partial charge on any atom is 0.270 e. The molecule has 3 rings (SSSR count). The molecule has 2 aromatic rings. The van der Waals surface area contributed by atoms with E-state index in [0.29, 0.717) is 21.6 Å². The molecule has 2 heterocycles. The Bertz CT molecular complexity index is 890. The van der Waals surface area contributed by atoms with E-state index in [1.807, 2.05) is 0 Å². The average Bonchev–Trinajstić information content (AvgIpc) is 2.99. The topological polar surface area (TPSA) is 40.6 Å². The van der Waals surface area contributed by atoms with Crippen LogP contribution in [0.3, 0.4) is 0 Å². The van der Waals surface area contributed by atoms with Gasteiger partial charge < -0.3 is 0 Å². The number of carbonyl (C=O) groups excluding carboxylic acids is 2. The summed E-state index contributed by atoms with van der Waals surface area (Å²) in [4.78, 5) is 29.1. The van der Waals surface area contributed by atoms with Crippen LogP contribution in [0.1, 0.15) is 11.8 Å². The number of nitrogens with zero attached hydrogens (tertiary/aromatic N) is 2. The quantitative estimate of drug-likeness (QED) is 0.421. The first-order valence-corrected chi connectivity index (χ1v) is 9.33. The van der Waals surface area contributed by atoms with Crippen LogP contribution in [0, 0.1) is 0 Å². The third-order valence-electron chi connectivity index (χ3n) is 3.61. The molecule has 0 saturated carbocycles. The summed E-state index contributed by atoms with van der Waals surface area (Å²) in [5, 5.41) is 0.702. The number of rotatable bonds is 3. The lowest BCUT2D eigenvalue weighted by atomic mass is 10.1. The van der Waals surface area contributed by atoms with Crippen LogP contribution in [0.4, 0.5) is 5.69 Å². The number of carbonyl (C=O) groups is 2. The first-order chi connectivity index (χ1) is 11.9. The van der Waals surface area contributed by atoms with Crippen LogP contribution < -0.4 is 4.90 Å². The summed E-state index contributed by atoms with van der Waals surface area (Å²) in [5.74, 6) is -0.876. The number of halogens is 2. The fourth-order valence-corrected chi connectivity index (χ4v) is 3.95. The van der Waals surface area contributed by atoms with Crippen molar-refractivity contribution in [1.82, 2.24) is 4.90 Å². The van der Waals surface area contributed by atoms with Crippen LogP contribution in [0.5, 0.6) is 0 Å². The normalized spacial score (nSPS) is 16.9. The Hall–Kier alpha value is -1.73. The summed E-state index contributed by atoms with van der Waals surface area (Å²) in [6.07, 6.45) is 1.55. The number of anilines is 1. The van der Waals surface area contributed by atoms with Gasteiger partial charge in [-0.2, -0.15) is 0 Å². The van der Waals surface area contributed by atoms with Gasteiger partial charge in [0.05, 0.1) is 10.0 Å². The summed E-state index contributed by atoms with van der Waals surface area (Å²) in [6, 6.07) is 10.2. The van der Waals surface area contributed by atoms with E-state index < -0.39 is 11.8 Å². The molecule has 0 N–H and O–H groups in total. The molecule has 0 atom stereocenters. The van der Waals surface area contributed by atoms with Gasteiger partial charge in [0, 0.05) is 16.4 Å². The number of thiophene rings is 1. The van der Waals surface area contributed by atoms with Gasteiger partial charge in [-0.25, -0.2) is 0 Å². The smallest absolute Gasteiger partial charge is 0.270 e. The molecule has 1 aliphatic rings. The van der Waals surface area contributed by atoms with Crippen LogP contribution in [0.15, 0.2) is 42.0 Å². The van der Waals surface area contributed by atoms with Crippen molar-refractivity contribution in [3.05, 3.63) is 56.2 Å². The highest BCUT2D eigenvalue weighted by molar-refractivity contribution is 7.80. The van der Waals surface area contributed by atoms with Gasteiger partial charge in [-0.1, -0.05) is 23.2 Å². The minimum atomic E-state index is -0.466. The number of hydrogen-bond donors (Lipinski definition) is 0. The van der Waals surface area contributed by atoms with Crippen molar-refractivity contribution in [3.8, 4) is 0 Å². The fraction of sp³-hybridized carbons (Fsp3) is 0.118. The molecule has 25 heavy (non-hydrogen) atoms. The highest BCUT2D eigenvalue weighted by atomic mass is 35.5. The Morgan fingerprint density at radius 3 is 2.32 bits per heavy atom. The van der Waals surface area contributed by atoms with E-state index in [1.165, 1.54) is 21.1 Å². The van der Waals surface area contributed by atoms with Gasteiger partial charge in [-0.05, 0) is 61.6 Å². The standard InChI is InChI=1S/C17H12Cl2N2O2S2/c1-2-20-15(22)13(9-12-7-8-14(19)25-12)16(23)21(17(20)24)11-5-3-10(18)4-6-11/h3-9H,2H2,1H3/b13-9+. The zero-order chi connectivity index (χ0) is 18.1. The lowest BCUT2D eigenvalue weighted by Gasteiger charge is -2.36. The molecule has 0 bridgehead atoms. The van der Waals surface area contributed by atoms with Crippen molar-refractivity contribution >= 4 is 75.4 Å². The Morgan fingerprint density at radius 2 is 1.76 bits per heavy atom. The number of benzene rings is 1. The Kier molecular flexibility index (Phi) is 5.24. The second-order valence-corrected chi connectivity index (χ2v) is 7.70. The largest absolute Gasteiger partial charge is 0.285 e. The molecule has 0 aliphatic carbocycles. The number of amides is 2. The van der Waals surface area contributed by atoms with Gasteiger partial charge >= 0.3 is 0 Å². The Labute approximate surface area is 164 Å². The molecule has 1 aromatic carbocycles. The van der Waals surface area contributed by atoms with E-state index in [1.54, 1.807) is 49.4 Å². The molecule has 0 radical (unpaired) electrons. The van der Waals surface area contributed by atoms with Crippen LogP contribution in [-0.2, 0) is 9.59 Å². The summed E-state index contributed by atoms with van der Waals surface area (Å²) in [5.41, 5.74) is 0.601. The third-order valence-corrected chi connectivity index (χ3v) is 5.45. The number of thiocarbonyl (C=S) groups is 1. The highest BCUT2D eigenvalue weighted by Crippen LogP contribution is 2.29. The van der Waals surface area contributed by atoms with Crippen LogP contribution in [-0.4, -0.2) is 28.4 Å². The molecule has 1 aliphatic heterocycles. The summed E-state index contributed by atoms with van der Waals surface area (Å²) < 4.78 is 0.583. The van der Waals surface area contributed by atoms with Crippen LogP contribution in [0.25, 0.3) is 6.08 Å². The first-order valence-electron chi connectivity index (χ1n) is 7.35. The molecule has 0 unspecified atom stereocenters. The Morgan fingerprint density at radius 1 is 1.08 bits per heavy atom. The maximum absolute atomic E-state index is 13.0. The van der Waals surface area contributed by atoms with Gasteiger partial charge in [0.25, 0.3) is 11.8 Å². The summed E-state index contributed by atoms with van der Waals surface area (Å²) in [7, 11) is 0. The van der Waals surface area contributed by atoms with E-state index in [4.69, 9.17) is 35.4 Å². The van der Waals surface area contributed by atoms with Crippen molar-refractivity contribution in [1.29, 1.82) is 0 Å². The third kappa shape index (κ3) is 3.48. The number of hydrogen-bond acceptors (Lipinski definition) is 4. The molecule has 4 nitrogen and oxygen atoms in total. The predicted molar refractivity (Wildman–Crippen MR) is 106 cm³/mol. The molecule has 1 aromatic heterocycles. The lowest BCUT2D eigenvalue weighted by molar-refractivity contribution is -0.127. The molecule has 0 spiro atoms. The van der Waals surface area contributed by atoms with Gasteiger partial charge in [0.1, 0.15) is 5.57 Å². The van der Waals surface area contributed by atoms with Crippen molar-refractivity contribution < 1.29 is 9.59 Å².